The van der Waals surface area contributed by atoms with Gasteiger partial charge in [0.25, 0.3) is 5.56 Å². The van der Waals surface area contributed by atoms with Crippen LogP contribution in [0.1, 0.15) is 12.0 Å². The molecular weight excluding hydrogens is 264 g/mol. The van der Waals surface area contributed by atoms with Crippen molar-refractivity contribution in [2.24, 2.45) is 0 Å². The lowest BCUT2D eigenvalue weighted by Gasteiger charge is -2.20. The van der Waals surface area contributed by atoms with Gasteiger partial charge in [0.05, 0.1) is 11.3 Å². The predicted octanol–water partition coefficient (Wildman–Crippen LogP) is 1.83. The molecule has 0 amide bonds. The average molecular weight is 282 g/mol. The van der Waals surface area contributed by atoms with Gasteiger partial charge in [0.1, 0.15) is 6.07 Å². The number of pyridine rings is 1. The highest BCUT2D eigenvalue weighted by atomic mass is 16.1. The van der Waals surface area contributed by atoms with Gasteiger partial charge in [0.15, 0.2) is 0 Å². The minimum Gasteiger partial charge on any atom is -0.398 e. The molecule has 5 heteroatoms. The zero-order chi connectivity index (χ0) is 15.2. The Morgan fingerprint density at radius 2 is 2.05 bits per heavy atom. The van der Waals surface area contributed by atoms with Crippen LogP contribution in [-0.2, 0) is 6.54 Å². The molecule has 0 aliphatic heterocycles. The Hall–Kier alpha value is -2.74. The summed E-state index contributed by atoms with van der Waals surface area (Å²) >= 11 is 0. The van der Waals surface area contributed by atoms with E-state index in [-0.39, 0.29) is 5.56 Å². The Morgan fingerprint density at radius 3 is 2.81 bits per heavy atom. The van der Waals surface area contributed by atoms with Crippen molar-refractivity contribution in [2.45, 2.75) is 13.0 Å². The van der Waals surface area contributed by atoms with Gasteiger partial charge in [-0.25, -0.2) is 0 Å². The van der Waals surface area contributed by atoms with E-state index in [2.05, 4.69) is 6.07 Å². The van der Waals surface area contributed by atoms with Crippen molar-refractivity contribution in [1.82, 2.24) is 4.57 Å². The van der Waals surface area contributed by atoms with Crippen molar-refractivity contribution in [3.8, 4) is 6.07 Å². The van der Waals surface area contributed by atoms with Gasteiger partial charge in [-0.1, -0.05) is 12.1 Å². The number of nitriles is 1. The molecule has 2 N–H and O–H groups in total. The van der Waals surface area contributed by atoms with Crippen molar-refractivity contribution in [2.75, 3.05) is 24.2 Å². The maximum absolute atomic E-state index is 11.7. The first-order valence-corrected chi connectivity index (χ1v) is 6.78. The van der Waals surface area contributed by atoms with Gasteiger partial charge in [0.2, 0.25) is 0 Å². The summed E-state index contributed by atoms with van der Waals surface area (Å²) in [5.74, 6) is 0. The third-order valence-corrected chi connectivity index (χ3v) is 3.33. The number of aromatic nitrogens is 1. The molecule has 0 saturated carbocycles. The van der Waals surface area contributed by atoms with Crippen LogP contribution in [-0.4, -0.2) is 18.2 Å². The lowest BCUT2D eigenvalue weighted by atomic mass is 10.2. The molecule has 108 valence electrons. The number of hydrogen-bond donors (Lipinski definition) is 1. The van der Waals surface area contributed by atoms with Crippen LogP contribution in [0.3, 0.4) is 0 Å². The van der Waals surface area contributed by atoms with E-state index in [9.17, 15) is 4.79 Å². The molecule has 5 nitrogen and oxygen atoms in total. The normalized spacial score (nSPS) is 10.1. The Morgan fingerprint density at radius 1 is 1.29 bits per heavy atom. The number of benzene rings is 1. The molecule has 0 atom stereocenters. The monoisotopic (exact) mass is 282 g/mol. The number of para-hydroxylation sites is 1. The summed E-state index contributed by atoms with van der Waals surface area (Å²) < 4.78 is 1.61. The van der Waals surface area contributed by atoms with Crippen molar-refractivity contribution in [1.29, 1.82) is 5.26 Å². The van der Waals surface area contributed by atoms with Gasteiger partial charge in [-0.05, 0) is 24.6 Å². The summed E-state index contributed by atoms with van der Waals surface area (Å²) in [5.41, 5.74) is 7.77. The molecule has 1 aromatic heterocycles. The Balaban J connectivity index is 1.99. The number of hydrogen-bond acceptors (Lipinski definition) is 4. The van der Waals surface area contributed by atoms with E-state index in [1.54, 1.807) is 22.9 Å². The summed E-state index contributed by atoms with van der Waals surface area (Å²) in [6.45, 7) is 1.35. The average Bonchev–Trinajstić information content (AvgIpc) is 2.50. The zero-order valence-electron chi connectivity index (χ0n) is 12.0. The molecule has 1 aromatic carbocycles. The number of nitrogen functional groups attached to an aromatic ring is 1. The van der Waals surface area contributed by atoms with E-state index >= 15 is 0 Å². The molecule has 0 bridgehead atoms. The molecular formula is C16H18N4O. The van der Waals surface area contributed by atoms with Gasteiger partial charge in [-0.2, -0.15) is 5.26 Å². The highest BCUT2D eigenvalue weighted by Gasteiger charge is 2.06. The Labute approximate surface area is 123 Å². The molecule has 2 aromatic rings. The standard InChI is InChI=1S/C16H18N4O/c1-19(15-6-3-2-5-13(15)11-17)9-4-10-20-12-14(18)7-8-16(20)21/h2-3,5-8,12H,4,9-10,18H2,1H3. The van der Waals surface area contributed by atoms with Crippen molar-refractivity contribution in [3.05, 3.63) is 58.5 Å². The number of nitrogens with two attached hydrogens (primary N) is 1. The SMILES string of the molecule is CN(CCCn1cc(N)ccc1=O)c1ccccc1C#N. The molecule has 0 saturated heterocycles. The van der Waals surface area contributed by atoms with Crippen LogP contribution in [0, 0.1) is 11.3 Å². The highest BCUT2D eigenvalue weighted by molar-refractivity contribution is 5.58. The summed E-state index contributed by atoms with van der Waals surface area (Å²) in [6, 6.07) is 12.8. The van der Waals surface area contributed by atoms with Crippen LogP contribution in [0.15, 0.2) is 47.4 Å². The predicted molar refractivity (Wildman–Crippen MR) is 84.2 cm³/mol. The summed E-state index contributed by atoms with van der Waals surface area (Å²) in [4.78, 5) is 13.7. The first-order valence-electron chi connectivity index (χ1n) is 6.78. The maximum Gasteiger partial charge on any atom is 0.250 e. The largest absolute Gasteiger partial charge is 0.398 e. The second-order valence-electron chi connectivity index (χ2n) is 4.90. The summed E-state index contributed by atoms with van der Waals surface area (Å²) in [7, 11) is 1.94. The summed E-state index contributed by atoms with van der Waals surface area (Å²) in [6.07, 6.45) is 2.45. The quantitative estimate of drug-likeness (QED) is 0.907. The molecule has 21 heavy (non-hydrogen) atoms. The van der Waals surface area contributed by atoms with E-state index in [0.717, 1.165) is 18.7 Å². The van der Waals surface area contributed by atoms with Gasteiger partial charge in [-0.3, -0.25) is 4.79 Å². The lowest BCUT2D eigenvalue weighted by Crippen LogP contribution is -2.24. The molecule has 0 aliphatic rings. The number of rotatable bonds is 5. The first-order chi connectivity index (χ1) is 10.1. The van der Waals surface area contributed by atoms with Gasteiger partial charge in [0, 0.05) is 38.1 Å². The summed E-state index contributed by atoms with van der Waals surface area (Å²) in [5, 5.41) is 9.10. The molecule has 0 aliphatic carbocycles. The first kappa shape index (κ1) is 14.7. The second-order valence-corrected chi connectivity index (χ2v) is 4.90. The van der Waals surface area contributed by atoms with E-state index in [1.807, 2.05) is 30.1 Å². The van der Waals surface area contributed by atoms with Crippen LogP contribution in [0.5, 0.6) is 0 Å². The van der Waals surface area contributed by atoms with Crippen molar-refractivity contribution < 1.29 is 0 Å². The van der Waals surface area contributed by atoms with Crippen LogP contribution in [0.4, 0.5) is 11.4 Å². The molecule has 0 fully saturated rings. The Kier molecular flexibility index (Phi) is 4.62. The minimum atomic E-state index is -0.0516. The number of aryl methyl sites for hydroxylation is 1. The molecule has 2 rings (SSSR count). The molecule has 0 spiro atoms. The van der Waals surface area contributed by atoms with Crippen LogP contribution in [0.25, 0.3) is 0 Å². The zero-order valence-corrected chi connectivity index (χ0v) is 12.0. The lowest BCUT2D eigenvalue weighted by molar-refractivity contribution is 0.620. The number of anilines is 2. The van der Waals surface area contributed by atoms with Crippen molar-refractivity contribution in [3.63, 3.8) is 0 Å². The third kappa shape index (κ3) is 3.63. The topological polar surface area (TPSA) is 75.0 Å². The smallest absolute Gasteiger partial charge is 0.250 e. The van der Waals surface area contributed by atoms with E-state index < -0.39 is 0 Å². The van der Waals surface area contributed by atoms with Gasteiger partial charge in [-0.15, -0.1) is 0 Å². The van der Waals surface area contributed by atoms with Crippen LogP contribution in [0.2, 0.25) is 0 Å². The number of nitrogens with zero attached hydrogens (tertiary/aromatic N) is 3. The van der Waals surface area contributed by atoms with E-state index in [4.69, 9.17) is 11.0 Å². The Bertz CT molecular complexity index is 715. The van der Waals surface area contributed by atoms with Crippen LogP contribution >= 0.6 is 0 Å². The van der Waals surface area contributed by atoms with E-state index in [1.165, 1.54) is 6.07 Å². The molecule has 1 heterocycles. The third-order valence-electron chi connectivity index (χ3n) is 3.33. The molecule has 0 radical (unpaired) electrons. The minimum absolute atomic E-state index is 0.0516. The fourth-order valence-electron chi connectivity index (χ4n) is 2.22. The van der Waals surface area contributed by atoms with Crippen LogP contribution < -0.4 is 16.2 Å². The maximum atomic E-state index is 11.7. The fraction of sp³-hybridized carbons (Fsp3) is 0.250. The molecule has 0 unspecified atom stereocenters. The van der Waals surface area contributed by atoms with E-state index in [0.29, 0.717) is 17.8 Å². The fourth-order valence-corrected chi connectivity index (χ4v) is 2.22. The van der Waals surface area contributed by atoms with Gasteiger partial charge >= 0.3 is 0 Å². The second kappa shape index (κ2) is 6.62. The van der Waals surface area contributed by atoms with Crippen molar-refractivity contribution >= 4 is 11.4 Å². The highest BCUT2D eigenvalue weighted by Crippen LogP contribution is 2.18. The van der Waals surface area contributed by atoms with Gasteiger partial charge < -0.3 is 15.2 Å².